The lowest BCUT2D eigenvalue weighted by Crippen LogP contribution is -2.38. The molecular weight excluding hydrogens is 164 g/mol. The molecule has 0 aliphatic carbocycles. The third-order valence-corrected chi connectivity index (χ3v) is 1.75. The molecule has 0 saturated carbocycles. The van der Waals surface area contributed by atoms with E-state index < -0.39 is 0 Å². The molecule has 0 fully saturated rings. The van der Waals surface area contributed by atoms with Crippen molar-refractivity contribution in [2.45, 2.75) is 39.8 Å². The monoisotopic (exact) mass is 188 g/mol. The minimum Gasteiger partial charge on any atom is -0.377 e. The van der Waals surface area contributed by atoms with Crippen LogP contribution in [0.4, 0.5) is 0 Å². The summed E-state index contributed by atoms with van der Waals surface area (Å²) >= 11 is 0. The lowest BCUT2D eigenvalue weighted by molar-refractivity contribution is 0.0796. The Labute approximate surface area is 82.2 Å². The first-order valence-electron chi connectivity index (χ1n) is 5.22. The molecule has 0 aliphatic heterocycles. The SMILES string of the molecule is CCNCC(C)NCCOC(C)C. The molecule has 0 aromatic carbocycles. The quantitative estimate of drug-likeness (QED) is 0.558. The Morgan fingerprint density at radius 1 is 1.23 bits per heavy atom. The van der Waals surface area contributed by atoms with E-state index in [9.17, 15) is 0 Å². The van der Waals surface area contributed by atoms with Crippen LogP contribution in [0, 0.1) is 0 Å². The van der Waals surface area contributed by atoms with E-state index in [1.807, 2.05) is 0 Å². The second-order valence-electron chi connectivity index (χ2n) is 3.58. The second-order valence-corrected chi connectivity index (χ2v) is 3.58. The normalized spacial score (nSPS) is 13.6. The first kappa shape index (κ1) is 12.9. The van der Waals surface area contributed by atoms with E-state index in [2.05, 4.69) is 38.3 Å². The Morgan fingerprint density at radius 2 is 1.92 bits per heavy atom. The summed E-state index contributed by atoms with van der Waals surface area (Å²) in [7, 11) is 0. The molecule has 0 aromatic rings. The van der Waals surface area contributed by atoms with E-state index >= 15 is 0 Å². The molecule has 3 nitrogen and oxygen atoms in total. The van der Waals surface area contributed by atoms with Gasteiger partial charge in [0.1, 0.15) is 0 Å². The van der Waals surface area contributed by atoms with Crippen LogP contribution in [0.1, 0.15) is 27.7 Å². The number of rotatable bonds is 8. The molecule has 0 heterocycles. The molecule has 80 valence electrons. The van der Waals surface area contributed by atoms with E-state index in [1.165, 1.54) is 0 Å². The van der Waals surface area contributed by atoms with Crippen LogP contribution in [-0.4, -0.2) is 38.4 Å². The van der Waals surface area contributed by atoms with E-state index in [1.54, 1.807) is 0 Å². The third kappa shape index (κ3) is 9.80. The summed E-state index contributed by atoms with van der Waals surface area (Å²) < 4.78 is 5.41. The Balaban J connectivity index is 3.12. The van der Waals surface area contributed by atoms with Crippen molar-refractivity contribution >= 4 is 0 Å². The molecule has 0 amide bonds. The van der Waals surface area contributed by atoms with Crippen LogP contribution in [0.2, 0.25) is 0 Å². The molecule has 1 atom stereocenters. The first-order chi connectivity index (χ1) is 6.16. The summed E-state index contributed by atoms with van der Waals surface area (Å²) in [6.07, 6.45) is 0.339. The van der Waals surface area contributed by atoms with Gasteiger partial charge in [-0.2, -0.15) is 0 Å². The van der Waals surface area contributed by atoms with Gasteiger partial charge in [-0.25, -0.2) is 0 Å². The Bertz CT molecular complexity index is 107. The maximum Gasteiger partial charge on any atom is 0.0594 e. The van der Waals surface area contributed by atoms with Gasteiger partial charge in [0.15, 0.2) is 0 Å². The third-order valence-electron chi connectivity index (χ3n) is 1.75. The van der Waals surface area contributed by atoms with Crippen LogP contribution in [-0.2, 0) is 4.74 Å². The predicted molar refractivity (Wildman–Crippen MR) is 57.1 cm³/mol. The van der Waals surface area contributed by atoms with Crippen LogP contribution in [0.25, 0.3) is 0 Å². The zero-order valence-electron chi connectivity index (χ0n) is 9.39. The average molecular weight is 188 g/mol. The van der Waals surface area contributed by atoms with Crippen LogP contribution in [0.5, 0.6) is 0 Å². The summed E-state index contributed by atoms with van der Waals surface area (Å²) in [5, 5.41) is 6.68. The Hall–Kier alpha value is -0.120. The lowest BCUT2D eigenvalue weighted by atomic mass is 10.3. The minimum absolute atomic E-state index is 0.339. The summed E-state index contributed by atoms with van der Waals surface area (Å²) in [4.78, 5) is 0. The fraction of sp³-hybridized carbons (Fsp3) is 1.00. The van der Waals surface area contributed by atoms with Crippen LogP contribution >= 0.6 is 0 Å². The molecule has 3 heteroatoms. The highest BCUT2D eigenvalue weighted by atomic mass is 16.5. The molecule has 0 spiro atoms. The van der Waals surface area contributed by atoms with Gasteiger partial charge in [0.05, 0.1) is 12.7 Å². The zero-order chi connectivity index (χ0) is 10.1. The molecule has 0 bridgehead atoms. The van der Waals surface area contributed by atoms with E-state index in [0.29, 0.717) is 12.1 Å². The van der Waals surface area contributed by atoms with Gasteiger partial charge in [-0.1, -0.05) is 6.92 Å². The van der Waals surface area contributed by atoms with Gasteiger partial charge in [-0.05, 0) is 27.3 Å². The number of ether oxygens (including phenoxy) is 1. The summed E-state index contributed by atoms with van der Waals surface area (Å²) in [6, 6.07) is 0.524. The van der Waals surface area contributed by atoms with Gasteiger partial charge in [0.25, 0.3) is 0 Å². The van der Waals surface area contributed by atoms with E-state index in [0.717, 1.165) is 26.2 Å². The van der Waals surface area contributed by atoms with Crippen molar-refractivity contribution in [3.8, 4) is 0 Å². The minimum atomic E-state index is 0.339. The van der Waals surface area contributed by atoms with Gasteiger partial charge >= 0.3 is 0 Å². The van der Waals surface area contributed by atoms with Crippen molar-refractivity contribution in [3.63, 3.8) is 0 Å². The zero-order valence-corrected chi connectivity index (χ0v) is 9.39. The molecule has 13 heavy (non-hydrogen) atoms. The van der Waals surface area contributed by atoms with Crippen molar-refractivity contribution in [2.75, 3.05) is 26.2 Å². The second kappa shape index (κ2) is 8.48. The summed E-state index contributed by atoms with van der Waals surface area (Å²) in [5.74, 6) is 0. The molecule has 0 saturated heterocycles. The molecule has 2 N–H and O–H groups in total. The van der Waals surface area contributed by atoms with Gasteiger partial charge in [-0.15, -0.1) is 0 Å². The molecule has 0 aromatic heterocycles. The predicted octanol–water partition coefficient (Wildman–Crippen LogP) is 0.999. The summed E-state index contributed by atoms with van der Waals surface area (Å²) in [6.45, 7) is 12.2. The molecule has 0 rings (SSSR count). The highest BCUT2D eigenvalue weighted by molar-refractivity contribution is 4.62. The van der Waals surface area contributed by atoms with Gasteiger partial charge in [-0.3, -0.25) is 0 Å². The fourth-order valence-corrected chi connectivity index (χ4v) is 1.03. The standard InChI is InChI=1S/C10H24N2O/c1-5-11-8-10(4)12-6-7-13-9(2)3/h9-12H,5-8H2,1-4H3. The van der Waals surface area contributed by atoms with Crippen molar-refractivity contribution < 1.29 is 4.74 Å². The van der Waals surface area contributed by atoms with Crippen molar-refractivity contribution in [2.24, 2.45) is 0 Å². The smallest absolute Gasteiger partial charge is 0.0594 e. The topological polar surface area (TPSA) is 33.3 Å². The lowest BCUT2D eigenvalue weighted by Gasteiger charge is -2.14. The highest BCUT2D eigenvalue weighted by Crippen LogP contribution is 1.86. The maximum absolute atomic E-state index is 5.41. The number of hydrogen-bond donors (Lipinski definition) is 2. The van der Waals surface area contributed by atoms with Crippen molar-refractivity contribution in [1.82, 2.24) is 10.6 Å². The first-order valence-corrected chi connectivity index (χ1v) is 5.22. The fourth-order valence-electron chi connectivity index (χ4n) is 1.03. The Morgan fingerprint density at radius 3 is 2.46 bits per heavy atom. The van der Waals surface area contributed by atoms with Crippen LogP contribution in [0.3, 0.4) is 0 Å². The number of nitrogens with one attached hydrogen (secondary N) is 2. The summed E-state index contributed by atoms with van der Waals surface area (Å²) in [5.41, 5.74) is 0. The Kier molecular flexibility index (Phi) is 8.40. The van der Waals surface area contributed by atoms with Crippen LogP contribution in [0.15, 0.2) is 0 Å². The highest BCUT2D eigenvalue weighted by Gasteiger charge is 1.99. The molecule has 0 radical (unpaired) electrons. The van der Waals surface area contributed by atoms with Crippen molar-refractivity contribution in [1.29, 1.82) is 0 Å². The van der Waals surface area contributed by atoms with Gasteiger partial charge in [0, 0.05) is 19.1 Å². The molecule has 0 aliphatic rings. The van der Waals surface area contributed by atoms with E-state index in [4.69, 9.17) is 4.74 Å². The molecular formula is C10H24N2O. The van der Waals surface area contributed by atoms with Gasteiger partial charge in [0.2, 0.25) is 0 Å². The van der Waals surface area contributed by atoms with Crippen molar-refractivity contribution in [3.05, 3.63) is 0 Å². The number of hydrogen-bond acceptors (Lipinski definition) is 3. The maximum atomic E-state index is 5.41. The van der Waals surface area contributed by atoms with Gasteiger partial charge < -0.3 is 15.4 Å². The largest absolute Gasteiger partial charge is 0.377 e. The average Bonchev–Trinajstić information content (AvgIpc) is 2.08. The van der Waals surface area contributed by atoms with Crippen LogP contribution < -0.4 is 10.6 Å². The molecule has 1 unspecified atom stereocenters. The van der Waals surface area contributed by atoms with E-state index in [-0.39, 0.29) is 0 Å². The number of likely N-dealkylation sites (N-methyl/N-ethyl adjacent to an activating group) is 1.